The van der Waals surface area contributed by atoms with Crippen LogP contribution in [0.5, 0.6) is 5.75 Å². The van der Waals surface area contributed by atoms with Crippen LogP contribution in [0.2, 0.25) is 5.02 Å². The summed E-state index contributed by atoms with van der Waals surface area (Å²) in [5.74, 6) is 7.50. The number of amides is 1. The van der Waals surface area contributed by atoms with Gasteiger partial charge in [-0.1, -0.05) is 55.9 Å². The lowest BCUT2D eigenvalue weighted by Gasteiger charge is -2.47. The van der Waals surface area contributed by atoms with Gasteiger partial charge in [0.1, 0.15) is 28.9 Å². The minimum absolute atomic E-state index is 0.0872. The fraction of sp³-hybridized carbons (Fsp3) is 0.541. The van der Waals surface area contributed by atoms with E-state index in [9.17, 15) is 9.00 Å². The minimum atomic E-state index is -1.48. The van der Waals surface area contributed by atoms with Crippen molar-refractivity contribution >= 4 is 34.2 Å². The molecule has 9 heteroatoms. The quantitative estimate of drug-likeness (QED) is 0.181. The van der Waals surface area contributed by atoms with Gasteiger partial charge in [0.2, 0.25) is 0 Å². The number of hydrogen-bond donors (Lipinski definition) is 1. The predicted molar refractivity (Wildman–Crippen MR) is 188 cm³/mol. The lowest BCUT2D eigenvalue weighted by molar-refractivity contribution is -0.0350. The molecule has 5 unspecified atom stereocenters. The van der Waals surface area contributed by atoms with Crippen molar-refractivity contribution < 1.29 is 23.2 Å². The third-order valence-electron chi connectivity index (χ3n) is 8.99. The molecule has 1 saturated carbocycles. The number of methoxy groups -OCH3 is 2. The summed E-state index contributed by atoms with van der Waals surface area (Å²) < 4.78 is 33.0. The summed E-state index contributed by atoms with van der Waals surface area (Å²) in [7, 11) is 1.91. The fourth-order valence-corrected chi connectivity index (χ4v) is 7.16. The van der Waals surface area contributed by atoms with Gasteiger partial charge in [-0.05, 0) is 93.0 Å². The molecule has 1 heterocycles. The highest BCUT2D eigenvalue weighted by Crippen LogP contribution is 2.46. The first-order chi connectivity index (χ1) is 22.2. The van der Waals surface area contributed by atoms with Gasteiger partial charge in [-0.25, -0.2) is 4.21 Å². The molecule has 1 fully saturated rings. The summed E-state index contributed by atoms with van der Waals surface area (Å²) in [6.45, 7) is 10.2. The molecule has 0 spiro atoms. The number of fused-ring (bicyclic) bond motifs is 1. The summed E-state index contributed by atoms with van der Waals surface area (Å²) in [5, 5.41) is 0.548. The van der Waals surface area contributed by atoms with Crippen molar-refractivity contribution in [2.75, 3.05) is 45.4 Å². The van der Waals surface area contributed by atoms with E-state index >= 15 is 0 Å². The molecule has 4 rings (SSSR count). The molecule has 0 aromatic heterocycles. The largest absolute Gasteiger partial charge is 0.491 e. The van der Waals surface area contributed by atoms with Gasteiger partial charge in [0.25, 0.3) is 5.91 Å². The third-order valence-corrected chi connectivity index (χ3v) is 10.5. The summed E-state index contributed by atoms with van der Waals surface area (Å²) in [5.41, 5.74) is 3.08. The van der Waals surface area contributed by atoms with Gasteiger partial charge < -0.3 is 19.1 Å². The molecule has 1 aliphatic heterocycles. The highest BCUT2D eigenvalue weighted by atomic mass is 35.5. The normalized spacial score (nSPS) is 21.3. The summed E-state index contributed by atoms with van der Waals surface area (Å²) in [4.78, 5) is 15.6. The number of nitrogens with zero attached hydrogens (tertiary/aromatic N) is 1. The Hall–Kier alpha value is -2.83. The van der Waals surface area contributed by atoms with Gasteiger partial charge >= 0.3 is 0 Å². The molecular weight excluding hydrogens is 620 g/mol. The van der Waals surface area contributed by atoms with Crippen LogP contribution in [0.15, 0.2) is 48.6 Å². The molecule has 250 valence electrons. The first-order valence-corrected chi connectivity index (χ1v) is 18.0. The van der Waals surface area contributed by atoms with Crippen LogP contribution in [0.3, 0.4) is 0 Å². The monoisotopic (exact) mass is 668 g/mol. The van der Waals surface area contributed by atoms with Crippen LogP contribution < -0.4 is 14.4 Å². The van der Waals surface area contributed by atoms with Gasteiger partial charge in [0.05, 0.1) is 12.3 Å². The number of carbonyl (C=O) groups excluding carboxylic acids is 1. The number of carbonyl (C=O) groups is 1. The zero-order chi connectivity index (χ0) is 33.3. The molecule has 2 aliphatic rings. The number of nitrogens with one attached hydrogen (secondary N) is 1. The van der Waals surface area contributed by atoms with Crippen molar-refractivity contribution in [1.82, 2.24) is 4.72 Å². The molecule has 1 aliphatic carbocycles. The summed E-state index contributed by atoms with van der Waals surface area (Å²) >= 11 is 6.44. The van der Waals surface area contributed by atoms with Gasteiger partial charge in [0, 0.05) is 55.0 Å². The third kappa shape index (κ3) is 8.55. The maximum Gasteiger partial charge on any atom is 0.263 e. The van der Waals surface area contributed by atoms with Gasteiger partial charge in [-0.15, -0.1) is 0 Å². The van der Waals surface area contributed by atoms with Crippen LogP contribution in [0, 0.1) is 23.7 Å². The summed E-state index contributed by atoms with van der Waals surface area (Å²) in [6, 6.07) is 11.7. The second-order valence-electron chi connectivity index (χ2n) is 12.5. The molecular formula is C37H49ClN2O5S. The lowest BCUT2D eigenvalue weighted by Crippen LogP contribution is -2.50. The Labute approximate surface area is 283 Å². The standard InChI is InChI=1S/C37H49ClN2O5S/c1-7-9-18-37(44-6,19-10-20-43-5)33-16-12-29(33)23-40-24-30(32-15-14-31(38)21-27(32)11-8-2)25-45-35-17-13-28(22-34(35)40)36(41)39-46(42)26(3)4/h9,13-15,17-18,21-22,26,29-30,33H,7-8,11-12,16,20,23-25H2,1-6H3,(H,39,41)/b18-9+. The van der Waals surface area contributed by atoms with E-state index in [-0.39, 0.29) is 28.9 Å². The number of anilines is 1. The molecule has 7 nitrogen and oxygen atoms in total. The van der Waals surface area contributed by atoms with Crippen LogP contribution in [0.25, 0.3) is 0 Å². The van der Waals surface area contributed by atoms with Crippen LogP contribution in [-0.4, -0.2) is 61.5 Å². The molecule has 0 radical (unpaired) electrons. The SMILES string of the molecule is CC/C=C/C(C#CCOC)(OC)C1CCC1CN1CC(c2ccc(Cl)cc2CCC)COc2ccc(C(=O)NS(=O)C(C)C)cc21. The molecule has 2 aromatic carbocycles. The van der Waals surface area contributed by atoms with Crippen LogP contribution in [0.1, 0.15) is 80.8 Å². The van der Waals surface area contributed by atoms with Crippen LogP contribution >= 0.6 is 11.6 Å². The van der Waals surface area contributed by atoms with E-state index in [1.165, 1.54) is 11.1 Å². The fourth-order valence-electron chi connectivity index (χ4n) is 6.43. The van der Waals surface area contributed by atoms with E-state index in [1.807, 2.05) is 32.0 Å². The molecule has 5 atom stereocenters. The average molecular weight is 669 g/mol. The van der Waals surface area contributed by atoms with E-state index in [2.05, 4.69) is 59.6 Å². The number of ether oxygens (including phenoxy) is 3. The van der Waals surface area contributed by atoms with Crippen molar-refractivity contribution in [3.63, 3.8) is 0 Å². The highest BCUT2D eigenvalue weighted by Gasteiger charge is 2.47. The minimum Gasteiger partial charge on any atom is -0.491 e. The van der Waals surface area contributed by atoms with E-state index in [0.717, 1.165) is 55.1 Å². The highest BCUT2D eigenvalue weighted by molar-refractivity contribution is 7.84. The van der Waals surface area contributed by atoms with E-state index in [1.54, 1.807) is 20.3 Å². The molecule has 46 heavy (non-hydrogen) atoms. The molecule has 1 amide bonds. The average Bonchev–Trinajstić information content (AvgIpc) is 3.21. The smallest absolute Gasteiger partial charge is 0.263 e. The van der Waals surface area contributed by atoms with E-state index < -0.39 is 16.6 Å². The number of halogens is 1. The maximum atomic E-state index is 13.2. The van der Waals surface area contributed by atoms with E-state index in [0.29, 0.717) is 25.3 Å². The first-order valence-electron chi connectivity index (χ1n) is 16.4. The molecule has 1 N–H and O–H groups in total. The van der Waals surface area contributed by atoms with E-state index in [4.69, 9.17) is 25.8 Å². The number of benzene rings is 2. The zero-order valence-corrected chi connectivity index (χ0v) is 29.6. The van der Waals surface area contributed by atoms with Crippen molar-refractivity contribution in [3.8, 4) is 17.6 Å². The Morgan fingerprint density at radius 2 is 2.02 bits per heavy atom. The van der Waals surface area contributed by atoms with Gasteiger partial charge in [-0.3, -0.25) is 9.52 Å². The Morgan fingerprint density at radius 1 is 1.22 bits per heavy atom. The van der Waals surface area contributed by atoms with Crippen molar-refractivity contribution in [2.24, 2.45) is 11.8 Å². The predicted octanol–water partition coefficient (Wildman–Crippen LogP) is 7.10. The molecule has 2 aromatic rings. The Kier molecular flexibility index (Phi) is 13.2. The first kappa shape index (κ1) is 36.0. The van der Waals surface area contributed by atoms with Crippen LogP contribution in [-0.2, 0) is 26.9 Å². The number of aryl methyl sites for hydroxylation is 1. The Bertz CT molecular complexity index is 1470. The van der Waals surface area contributed by atoms with Gasteiger partial charge in [-0.2, -0.15) is 0 Å². The number of rotatable bonds is 13. The number of allylic oxidation sites excluding steroid dienone is 1. The Balaban J connectivity index is 1.73. The van der Waals surface area contributed by atoms with Crippen LogP contribution in [0.4, 0.5) is 5.69 Å². The maximum absolute atomic E-state index is 13.2. The Morgan fingerprint density at radius 3 is 2.67 bits per heavy atom. The van der Waals surface area contributed by atoms with Crippen molar-refractivity contribution in [1.29, 1.82) is 0 Å². The number of hydrogen-bond acceptors (Lipinski definition) is 6. The van der Waals surface area contributed by atoms with Gasteiger partial charge in [0.15, 0.2) is 0 Å². The van der Waals surface area contributed by atoms with Crippen molar-refractivity contribution in [3.05, 3.63) is 70.3 Å². The topological polar surface area (TPSA) is 77.1 Å². The zero-order valence-electron chi connectivity index (χ0n) is 28.1. The molecule has 0 bridgehead atoms. The van der Waals surface area contributed by atoms with Crippen molar-refractivity contribution in [2.45, 2.75) is 76.6 Å². The second kappa shape index (κ2) is 16.8. The second-order valence-corrected chi connectivity index (χ2v) is 14.6. The lowest BCUT2D eigenvalue weighted by atomic mass is 9.64. The summed E-state index contributed by atoms with van der Waals surface area (Å²) in [6.07, 6.45) is 9.12. The molecule has 0 saturated heterocycles.